The van der Waals surface area contributed by atoms with E-state index in [1.54, 1.807) is 48.7 Å². The van der Waals surface area contributed by atoms with Crippen molar-refractivity contribution in [3.8, 4) is 5.75 Å². The fourth-order valence-electron chi connectivity index (χ4n) is 2.53. The highest BCUT2D eigenvalue weighted by atomic mass is 16.6. The molecule has 11 heteroatoms. The van der Waals surface area contributed by atoms with Crippen LogP contribution in [0, 0.1) is 20.2 Å². The minimum absolute atomic E-state index is 0.00566. The number of rotatable bonds is 9. The number of benzene rings is 3. The Hall–Kier alpha value is -4.80. The molecule has 1 amide bonds. The third-order valence-electron chi connectivity index (χ3n) is 4.08. The monoisotopic (exact) mass is 435 g/mol. The third kappa shape index (κ3) is 6.35. The number of hydrogen-bond donors (Lipinski definition) is 2. The molecule has 0 radical (unpaired) electrons. The van der Waals surface area contributed by atoms with Gasteiger partial charge in [0.25, 0.3) is 17.3 Å². The molecule has 0 aliphatic heterocycles. The van der Waals surface area contributed by atoms with Crippen LogP contribution in [-0.2, 0) is 4.79 Å². The van der Waals surface area contributed by atoms with E-state index in [2.05, 4.69) is 15.8 Å². The molecule has 162 valence electrons. The maximum atomic E-state index is 12.0. The van der Waals surface area contributed by atoms with Gasteiger partial charge in [-0.3, -0.25) is 30.4 Å². The number of non-ortho nitro benzene ring substituents is 2. The summed E-state index contributed by atoms with van der Waals surface area (Å²) in [6, 6.07) is 18.2. The van der Waals surface area contributed by atoms with Crippen molar-refractivity contribution < 1.29 is 19.4 Å². The zero-order valence-electron chi connectivity index (χ0n) is 16.5. The Balaban J connectivity index is 1.47. The quantitative estimate of drug-likeness (QED) is 0.293. The lowest BCUT2D eigenvalue weighted by Gasteiger charge is -2.07. The number of nitrogens with zero attached hydrogens (tertiary/aromatic N) is 3. The molecule has 0 bridgehead atoms. The van der Waals surface area contributed by atoms with Crippen LogP contribution in [0.4, 0.5) is 22.7 Å². The van der Waals surface area contributed by atoms with Gasteiger partial charge in [-0.2, -0.15) is 5.10 Å². The average molecular weight is 435 g/mol. The first-order valence-corrected chi connectivity index (χ1v) is 9.21. The van der Waals surface area contributed by atoms with E-state index in [1.807, 2.05) is 0 Å². The molecular weight excluding hydrogens is 418 g/mol. The highest BCUT2D eigenvalue weighted by Crippen LogP contribution is 2.18. The second-order valence-corrected chi connectivity index (χ2v) is 6.39. The summed E-state index contributed by atoms with van der Waals surface area (Å²) < 4.78 is 5.42. The predicted octanol–water partition coefficient (Wildman–Crippen LogP) is 3.97. The van der Waals surface area contributed by atoms with Crippen molar-refractivity contribution >= 4 is 34.9 Å². The van der Waals surface area contributed by atoms with Crippen LogP contribution in [0.2, 0.25) is 0 Å². The lowest BCUT2D eigenvalue weighted by Crippen LogP contribution is -2.20. The zero-order chi connectivity index (χ0) is 22.9. The van der Waals surface area contributed by atoms with Gasteiger partial charge < -0.3 is 10.1 Å². The van der Waals surface area contributed by atoms with E-state index in [1.165, 1.54) is 30.3 Å². The number of hydrogen-bond acceptors (Lipinski definition) is 8. The number of nitro groups is 2. The Kier molecular flexibility index (Phi) is 7.05. The summed E-state index contributed by atoms with van der Waals surface area (Å²) in [5.41, 5.74) is 4.30. The summed E-state index contributed by atoms with van der Waals surface area (Å²) in [7, 11) is 0. The Bertz CT molecular complexity index is 1150. The highest BCUT2D eigenvalue weighted by Gasteiger charge is 2.09. The molecule has 0 aliphatic carbocycles. The van der Waals surface area contributed by atoms with Crippen molar-refractivity contribution in [2.24, 2.45) is 5.10 Å². The molecule has 0 fully saturated rings. The second kappa shape index (κ2) is 10.3. The number of anilines is 2. The minimum Gasteiger partial charge on any atom is -0.484 e. The Morgan fingerprint density at radius 1 is 0.906 bits per heavy atom. The van der Waals surface area contributed by atoms with E-state index in [4.69, 9.17) is 4.74 Å². The Morgan fingerprint density at radius 2 is 1.59 bits per heavy atom. The maximum Gasteiger partial charge on any atom is 0.271 e. The van der Waals surface area contributed by atoms with E-state index in [0.717, 1.165) is 5.56 Å². The molecule has 0 unspecified atom stereocenters. The molecule has 3 rings (SSSR count). The molecule has 32 heavy (non-hydrogen) atoms. The predicted molar refractivity (Wildman–Crippen MR) is 118 cm³/mol. The average Bonchev–Trinajstić information content (AvgIpc) is 2.79. The molecule has 0 aromatic heterocycles. The molecule has 2 N–H and O–H groups in total. The molecule has 0 aliphatic rings. The highest BCUT2D eigenvalue weighted by molar-refractivity contribution is 5.92. The molecule has 0 saturated heterocycles. The van der Waals surface area contributed by atoms with Crippen LogP contribution >= 0.6 is 0 Å². The topological polar surface area (TPSA) is 149 Å². The number of carbonyl (C=O) groups excluding carboxylic acids is 1. The van der Waals surface area contributed by atoms with Crippen molar-refractivity contribution in [3.63, 3.8) is 0 Å². The number of hydrazone groups is 1. The van der Waals surface area contributed by atoms with Crippen LogP contribution in [-0.4, -0.2) is 28.6 Å². The van der Waals surface area contributed by atoms with Crippen LogP contribution in [0.3, 0.4) is 0 Å². The lowest BCUT2D eigenvalue weighted by molar-refractivity contribution is -0.385. The summed E-state index contributed by atoms with van der Waals surface area (Å²) in [6.07, 6.45) is 1.56. The van der Waals surface area contributed by atoms with E-state index in [0.29, 0.717) is 17.1 Å². The number of amides is 1. The van der Waals surface area contributed by atoms with Crippen molar-refractivity contribution in [1.29, 1.82) is 0 Å². The number of nitro benzene ring substituents is 2. The van der Waals surface area contributed by atoms with Crippen LogP contribution in [0.25, 0.3) is 0 Å². The van der Waals surface area contributed by atoms with Crippen molar-refractivity contribution in [2.45, 2.75) is 0 Å². The molecule has 3 aromatic carbocycles. The first kappa shape index (κ1) is 21.9. The van der Waals surface area contributed by atoms with E-state index < -0.39 is 15.8 Å². The van der Waals surface area contributed by atoms with Gasteiger partial charge in [0.15, 0.2) is 6.61 Å². The lowest BCUT2D eigenvalue weighted by atomic mass is 10.2. The molecule has 0 spiro atoms. The number of ether oxygens (including phenoxy) is 1. The Morgan fingerprint density at radius 3 is 2.25 bits per heavy atom. The summed E-state index contributed by atoms with van der Waals surface area (Å²) in [4.78, 5) is 32.4. The van der Waals surface area contributed by atoms with Gasteiger partial charge >= 0.3 is 0 Å². The molecule has 0 heterocycles. The van der Waals surface area contributed by atoms with Crippen molar-refractivity contribution in [1.82, 2.24) is 0 Å². The normalized spacial score (nSPS) is 10.5. The largest absolute Gasteiger partial charge is 0.484 e. The van der Waals surface area contributed by atoms with Crippen molar-refractivity contribution in [2.75, 3.05) is 17.3 Å². The minimum atomic E-state index is -0.543. The fourth-order valence-corrected chi connectivity index (χ4v) is 2.53. The summed E-state index contributed by atoms with van der Waals surface area (Å²) in [5.74, 6) is 0.00288. The SMILES string of the molecule is O=C(COc1ccc(/C=N/Nc2ccc([N+](=O)[O-])cc2)cc1)Nc1cccc([N+](=O)[O-])c1. The van der Waals surface area contributed by atoms with Gasteiger partial charge in [0.05, 0.1) is 21.7 Å². The molecule has 0 saturated carbocycles. The summed E-state index contributed by atoms with van der Waals surface area (Å²) >= 11 is 0. The van der Waals surface area contributed by atoms with Gasteiger partial charge in [-0.15, -0.1) is 0 Å². The molecule has 3 aromatic rings. The van der Waals surface area contributed by atoms with Crippen molar-refractivity contribution in [3.05, 3.63) is 98.6 Å². The van der Waals surface area contributed by atoms with E-state index in [-0.39, 0.29) is 18.0 Å². The molecule has 11 nitrogen and oxygen atoms in total. The number of carbonyl (C=O) groups is 1. The second-order valence-electron chi connectivity index (χ2n) is 6.39. The summed E-state index contributed by atoms with van der Waals surface area (Å²) in [5, 5.41) is 28.0. The first-order chi connectivity index (χ1) is 15.4. The van der Waals surface area contributed by atoms with Gasteiger partial charge in [0, 0.05) is 30.0 Å². The van der Waals surface area contributed by atoms with Gasteiger partial charge in [0.1, 0.15) is 5.75 Å². The van der Waals surface area contributed by atoms with E-state index in [9.17, 15) is 25.0 Å². The van der Waals surface area contributed by atoms with Gasteiger partial charge in [-0.25, -0.2) is 0 Å². The summed E-state index contributed by atoms with van der Waals surface area (Å²) in [6.45, 7) is -0.266. The van der Waals surface area contributed by atoms with Gasteiger partial charge in [0.2, 0.25) is 0 Å². The number of nitrogens with one attached hydrogen (secondary N) is 2. The smallest absolute Gasteiger partial charge is 0.271 e. The third-order valence-corrected chi connectivity index (χ3v) is 4.08. The van der Waals surface area contributed by atoms with Gasteiger partial charge in [-0.1, -0.05) is 6.07 Å². The maximum absolute atomic E-state index is 12.0. The molecule has 0 atom stereocenters. The molecular formula is C21H17N5O6. The zero-order valence-corrected chi connectivity index (χ0v) is 16.5. The van der Waals surface area contributed by atoms with Gasteiger partial charge in [-0.05, 0) is 48.0 Å². The Labute approximate surface area is 181 Å². The van der Waals surface area contributed by atoms with Crippen LogP contribution in [0.5, 0.6) is 5.75 Å². The van der Waals surface area contributed by atoms with Crippen LogP contribution in [0.15, 0.2) is 77.9 Å². The standard InChI is InChI=1S/C21H17N5O6/c27-21(23-17-2-1-3-19(12-17)26(30)31)14-32-20-10-4-15(5-11-20)13-22-24-16-6-8-18(9-7-16)25(28)29/h1-13,24H,14H2,(H,23,27)/b22-13+. The van der Waals surface area contributed by atoms with Crippen LogP contribution < -0.4 is 15.5 Å². The first-order valence-electron chi connectivity index (χ1n) is 9.21. The van der Waals surface area contributed by atoms with Crippen LogP contribution in [0.1, 0.15) is 5.56 Å². The van der Waals surface area contributed by atoms with E-state index >= 15 is 0 Å². The fraction of sp³-hybridized carbons (Fsp3) is 0.0476.